The lowest BCUT2D eigenvalue weighted by atomic mass is 10.0. The lowest BCUT2D eigenvalue weighted by Crippen LogP contribution is -2.55. The second-order valence-electron chi connectivity index (χ2n) is 12.6. The van der Waals surface area contributed by atoms with Crippen LogP contribution in [0.4, 0.5) is 15.0 Å². The van der Waals surface area contributed by atoms with Gasteiger partial charge in [-0.15, -0.1) is 0 Å². The fourth-order valence-corrected chi connectivity index (χ4v) is 5.83. The molecule has 0 saturated carbocycles. The minimum atomic E-state index is -0.624. The lowest BCUT2D eigenvalue weighted by Gasteiger charge is -2.41. The highest BCUT2D eigenvalue weighted by atomic mass is 35.5. The normalized spacial score (nSPS) is 15.6. The fraction of sp³-hybridized carbons (Fsp3) is 0.424. The van der Waals surface area contributed by atoms with Crippen molar-refractivity contribution in [2.45, 2.75) is 66.0 Å². The van der Waals surface area contributed by atoms with Crippen LogP contribution >= 0.6 is 11.6 Å². The number of piperazine rings is 1. The van der Waals surface area contributed by atoms with Gasteiger partial charge in [-0.25, -0.2) is 23.5 Å². The SMILES string of the molecule is COc1ccc(F)c(-c2nc3c(cc2Cl)c(N2CCN(C(=O)OC(C)(C)C)C[C@@H]2C)nc(=O)n3-c2c(C)ccnc2C(C)C)c1. The van der Waals surface area contributed by atoms with Crippen molar-refractivity contribution in [3.05, 3.63) is 69.1 Å². The lowest BCUT2D eigenvalue weighted by molar-refractivity contribution is 0.0218. The number of amides is 1. The second kappa shape index (κ2) is 12.3. The fourth-order valence-electron chi connectivity index (χ4n) is 5.58. The van der Waals surface area contributed by atoms with Gasteiger partial charge >= 0.3 is 11.8 Å². The van der Waals surface area contributed by atoms with E-state index in [4.69, 9.17) is 26.1 Å². The van der Waals surface area contributed by atoms with Crippen molar-refractivity contribution in [3.63, 3.8) is 0 Å². The number of ether oxygens (including phenoxy) is 2. The smallest absolute Gasteiger partial charge is 0.410 e. The molecule has 1 aliphatic rings. The maximum atomic E-state index is 15.2. The number of fused-ring (bicyclic) bond motifs is 1. The molecule has 238 valence electrons. The Hall–Kier alpha value is -4.25. The number of anilines is 1. The van der Waals surface area contributed by atoms with Crippen LogP contribution in [0.3, 0.4) is 0 Å². The number of benzene rings is 1. The third kappa shape index (κ3) is 6.31. The zero-order chi connectivity index (χ0) is 32.8. The van der Waals surface area contributed by atoms with Crippen LogP contribution in [0, 0.1) is 12.7 Å². The van der Waals surface area contributed by atoms with Crippen LogP contribution in [-0.4, -0.2) is 68.9 Å². The van der Waals surface area contributed by atoms with E-state index in [2.05, 4.69) is 9.97 Å². The molecule has 0 radical (unpaired) electrons. The predicted octanol–water partition coefficient (Wildman–Crippen LogP) is 6.52. The summed E-state index contributed by atoms with van der Waals surface area (Å²) in [6.07, 6.45) is 1.31. The van der Waals surface area contributed by atoms with Gasteiger partial charge in [-0.3, -0.25) is 4.98 Å². The second-order valence-corrected chi connectivity index (χ2v) is 13.0. The monoisotopic (exact) mass is 636 g/mol. The van der Waals surface area contributed by atoms with E-state index >= 15 is 4.39 Å². The Balaban J connectivity index is 1.74. The highest BCUT2D eigenvalue weighted by molar-refractivity contribution is 6.34. The molecule has 1 aromatic carbocycles. The van der Waals surface area contributed by atoms with E-state index < -0.39 is 23.2 Å². The average Bonchev–Trinajstić information content (AvgIpc) is 2.96. The summed E-state index contributed by atoms with van der Waals surface area (Å²) in [5.74, 6) is 0.242. The van der Waals surface area contributed by atoms with E-state index in [1.165, 1.54) is 29.9 Å². The molecule has 10 nitrogen and oxygen atoms in total. The molecule has 0 N–H and O–H groups in total. The van der Waals surface area contributed by atoms with E-state index in [0.717, 1.165) is 5.56 Å². The molecule has 1 aliphatic heterocycles. The van der Waals surface area contributed by atoms with Crippen molar-refractivity contribution in [2.24, 2.45) is 0 Å². The van der Waals surface area contributed by atoms with E-state index in [0.29, 0.717) is 48.0 Å². The van der Waals surface area contributed by atoms with Crippen LogP contribution in [0.5, 0.6) is 5.75 Å². The van der Waals surface area contributed by atoms with Crippen molar-refractivity contribution in [1.82, 2.24) is 24.4 Å². The Labute approximate surface area is 266 Å². The summed E-state index contributed by atoms with van der Waals surface area (Å²) < 4.78 is 27.6. The number of hydrogen-bond acceptors (Lipinski definition) is 8. The minimum Gasteiger partial charge on any atom is -0.497 e. The number of halogens is 2. The van der Waals surface area contributed by atoms with Gasteiger partial charge in [0, 0.05) is 37.4 Å². The summed E-state index contributed by atoms with van der Waals surface area (Å²) in [5.41, 5.74) is 1.41. The number of carbonyl (C=O) groups is 1. The first-order chi connectivity index (χ1) is 21.2. The Bertz CT molecular complexity index is 1840. The van der Waals surface area contributed by atoms with Gasteiger partial charge in [0.1, 0.15) is 23.0 Å². The van der Waals surface area contributed by atoms with E-state index in [-0.39, 0.29) is 33.9 Å². The molecule has 0 bridgehead atoms. The van der Waals surface area contributed by atoms with Gasteiger partial charge in [-0.1, -0.05) is 25.4 Å². The predicted molar refractivity (Wildman–Crippen MR) is 173 cm³/mol. The number of hydrogen-bond donors (Lipinski definition) is 0. The molecule has 0 unspecified atom stereocenters. The van der Waals surface area contributed by atoms with Gasteiger partial charge in [-0.05, 0) is 76.4 Å². The summed E-state index contributed by atoms with van der Waals surface area (Å²) in [6.45, 7) is 14.4. The van der Waals surface area contributed by atoms with Crippen LogP contribution in [-0.2, 0) is 4.74 Å². The largest absolute Gasteiger partial charge is 0.497 e. The quantitative estimate of drug-likeness (QED) is 0.244. The Morgan fingerprint density at radius 2 is 1.87 bits per heavy atom. The zero-order valence-corrected chi connectivity index (χ0v) is 27.6. The summed E-state index contributed by atoms with van der Waals surface area (Å²) in [6, 6.07) is 7.59. The molecule has 1 atom stereocenters. The Kier molecular flexibility index (Phi) is 8.77. The van der Waals surface area contributed by atoms with Gasteiger partial charge in [0.25, 0.3) is 0 Å². The van der Waals surface area contributed by atoms with E-state index in [1.807, 2.05) is 59.4 Å². The molecule has 1 fully saturated rings. The van der Waals surface area contributed by atoms with Crippen LogP contribution in [0.2, 0.25) is 5.02 Å². The summed E-state index contributed by atoms with van der Waals surface area (Å²) in [7, 11) is 1.49. The van der Waals surface area contributed by atoms with Crippen LogP contribution < -0.4 is 15.3 Å². The van der Waals surface area contributed by atoms with Gasteiger partial charge in [-0.2, -0.15) is 4.98 Å². The Morgan fingerprint density at radius 1 is 1.13 bits per heavy atom. The number of aryl methyl sites for hydroxylation is 1. The molecular weight excluding hydrogens is 599 g/mol. The highest BCUT2D eigenvalue weighted by Gasteiger charge is 2.33. The molecule has 45 heavy (non-hydrogen) atoms. The topological polar surface area (TPSA) is 103 Å². The van der Waals surface area contributed by atoms with Crippen molar-refractivity contribution >= 4 is 34.5 Å². The molecule has 1 saturated heterocycles. The molecule has 5 rings (SSSR count). The summed E-state index contributed by atoms with van der Waals surface area (Å²) in [4.78, 5) is 44.6. The molecule has 0 aliphatic carbocycles. The summed E-state index contributed by atoms with van der Waals surface area (Å²) in [5, 5.41) is 0.678. The molecule has 3 aromatic heterocycles. The maximum Gasteiger partial charge on any atom is 0.410 e. The van der Waals surface area contributed by atoms with Crippen molar-refractivity contribution in [1.29, 1.82) is 0 Å². The number of rotatable bonds is 5. The summed E-state index contributed by atoms with van der Waals surface area (Å²) >= 11 is 6.84. The molecular formula is C33H38ClFN6O4. The first-order valence-electron chi connectivity index (χ1n) is 14.9. The van der Waals surface area contributed by atoms with Crippen LogP contribution in [0.15, 0.2) is 41.3 Å². The van der Waals surface area contributed by atoms with Crippen LogP contribution in [0.1, 0.15) is 58.7 Å². The van der Waals surface area contributed by atoms with Gasteiger partial charge in [0.15, 0.2) is 5.65 Å². The van der Waals surface area contributed by atoms with Gasteiger partial charge in [0.2, 0.25) is 0 Å². The third-order valence-corrected chi connectivity index (χ3v) is 7.99. The van der Waals surface area contributed by atoms with Crippen molar-refractivity contribution in [2.75, 3.05) is 31.6 Å². The number of carbonyl (C=O) groups excluding carboxylic acids is 1. The average molecular weight is 637 g/mol. The van der Waals surface area contributed by atoms with E-state index in [9.17, 15) is 9.59 Å². The number of methoxy groups -OCH3 is 1. The zero-order valence-electron chi connectivity index (χ0n) is 26.8. The standard InChI is InChI=1S/C33H38ClFN6O4/c1-18(2)26-28(19(3)11-12-36-26)41-30-23(16-24(34)27(37-30)22-15-21(44-8)9-10-25(22)35)29(38-31(41)42)40-14-13-39(17-20(40)4)32(43)45-33(5,6)7/h9-12,15-16,18,20H,13-14,17H2,1-8H3/t20-/m0/s1. The number of pyridine rings is 2. The van der Waals surface area contributed by atoms with Crippen molar-refractivity contribution < 1.29 is 18.7 Å². The molecule has 1 amide bonds. The first kappa shape index (κ1) is 32.2. The maximum absolute atomic E-state index is 15.2. The molecule has 0 spiro atoms. The van der Waals surface area contributed by atoms with Crippen molar-refractivity contribution in [3.8, 4) is 22.7 Å². The Morgan fingerprint density at radius 3 is 2.51 bits per heavy atom. The highest BCUT2D eigenvalue weighted by Crippen LogP contribution is 2.37. The first-order valence-corrected chi connectivity index (χ1v) is 15.3. The number of aromatic nitrogens is 4. The third-order valence-electron chi connectivity index (χ3n) is 7.71. The minimum absolute atomic E-state index is 0.0231. The van der Waals surface area contributed by atoms with Gasteiger partial charge < -0.3 is 19.3 Å². The molecule has 12 heteroatoms. The molecule has 4 heterocycles. The van der Waals surface area contributed by atoms with Crippen LogP contribution in [0.25, 0.3) is 28.0 Å². The van der Waals surface area contributed by atoms with Gasteiger partial charge in [0.05, 0.1) is 34.6 Å². The molecule has 4 aromatic rings. The van der Waals surface area contributed by atoms with E-state index in [1.54, 1.807) is 17.2 Å². The number of nitrogens with zero attached hydrogens (tertiary/aromatic N) is 6.